The summed E-state index contributed by atoms with van der Waals surface area (Å²) in [5.74, 6) is 0.629. The van der Waals surface area contributed by atoms with Crippen molar-refractivity contribution in [1.82, 2.24) is 24.5 Å². The molecule has 0 saturated heterocycles. The maximum atomic E-state index is 12.1. The van der Waals surface area contributed by atoms with Crippen molar-refractivity contribution in [2.24, 2.45) is 13.0 Å². The van der Waals surface area contributed by atoms with Crippen LogP contribution in [-0.2, 0) is 11.8 Å². The summed E-state index contributed by atoms with van der Waals surface area (Å²) in [6, 6.07) is 4.44. The Morgan fingerprint density at radius 2 is 2.07 bits per heavy atom. The van der Waals surface area contributed by atoms with E-state index in [4.69, 9.17) is 0 Å². The zero-order chi connectivity index (χ0) is 18.5. The smallest absolute Gasteiger partial charge is 0.228 e. The van der Waals surface area contributed by atoms with Gasteiger partial charge in [-0.2, -0.15) is 15.5 Å². The molecule has 0 aliphatic heterocycles. The summed E-state index contributed by atoms with van der Waals surface area (Å²) in [5.41, 5.74) is 2.57. The van der Waals surface area contributed by atoms with Gasteiger partial charge in [0.05, 0.1) is 23.3 Å². The minimum absolute atomic E-state index is 0.0132. The number of carbonyl (C=O) groups excluding carboxylic acids is 1. The molecule has 1 N–H and O–H groups in total. The first-order valence-electron chi connectivity index (χ1n) is 9.27. The molecule has 0 radical (unpaired) electrons. The van der Waals surface area contributed by atoms with Gasteiger partial charge in [-0.1, -0.05) is 0 Å². The molecule has 3 aromatic heterocycles. The quantitative estimate of drug-likeness (QED) is 0.770. The first-order valence-corrected chi connectivity index (χ1v) is 9.27. The average Bonchev–Trinajstić information content (AvgIpc) is 3.32. The Labute approximate surface area is 155 Å². The average molecular weight is 361 g/mol. The van der Waals surface area contributed by atoms with Crippen LogP contribution < -0.4 is 5.32 Å². The highest BCUT2D eigenvalue weighted by Crippen LogP contribution is 2.35. The second kappa shape index (κ2) is 5.91. The van der Waals surface area contributed by atoms with Crippen molar-refractivity contribution < 1.29 is 4.79 Å². The van der Waals surface area contributed by atoms with Crippen LogP contribution in [0.15, 0.2) is 18.5 Å². The Morgan fingerprint density at radius 1 is 1.26 bits per heavy atom. The summed E-state index contributed by atoms with van der Waals surface area (Å²) in [5, 5.41) is 22.5. The molecule has 0 unspecified atom stereocenters. The number of pyridine rings is 1. The molecule has 2 aliphatic rings. The maximum Gasteiger partial charge on any atom is 0.228 e. The molecule has 1 amide bonds. The summed E-state index contributed by atoms with van der Waals surface area (Å²) in [7, 11) is 1.84. The first-order chi connectivity index (χ1) is 13.1. The van der Waals surface area contributed by atoms with Crippen molar-refractivity contribution in [2.75, 3.05) is 5.32 Å². The number of aryl methyl sites for hydroxylation is 1. The molecule has 5 rings (SSSR count). The largest absolute Gasteiger partial charge is 0.310 e. The molecule has 27 heavy (non-hydrogen) atoms. The predicted octanol–water partition coefficient (Wildman–Crippen LogP) is 2.78. The van der Waals surface area contributed by atoms with Crippen LogP contribution in [0.4, 0.5) is 5.82 Å². The van der Waals surface area contributed by atoms with E-state index in [1.165, 1.54) is 6.42 Å². The fourth-order valence-corrected chi connectivity index (χ4v) is 3.46. The van der Waals surface area contributed by atoms with Gasteiger partial charge in [-0.25, -0.2) is 4.98 Å². The maximum absolute atomic E-state index is 12.1. The van der Waals surface area contributed by atoms with Crippen molar-refractivity contribution in [3.63, 3.8) is 0 Å². The lowest BCUT2D eigenvalue weighted by molar-refractivity contribution is -0.117. The number of aromatic nitrogens is 5. The lowest BCUT2D eigenvalue weighted by Crippen LogP contribution is -2.17. The number of anilines is 1. The molecule has 2 fully saturated rings. The van der Waals surface area contributed by atoms with E-state index in [1.807, 2.05) is 24.0 Å². The summed E-state index contributed by atoms with van der Waals surface area (Å²) >= 11 is 0. The molecule has 2 aliphatic carbocycles. The van der Waals surface area contributed by atoms with Crippen LogP contribution in [0.5, 0.6) is 0 Å². The number of amides is 1. The van der Waals surface area contributed by atoms with Crippen LogP contribution in [-0.4, -0.2) is 30.5 Å². The molecule has 8 heteroatoms. The van der Waals surface area contributed by atoms with Gasteiger partial charge in [0.25, 0.3) is 0 Å². The molecule has 3 aromatic rings. The van der Waals surface area contributed by atoms with Gasteiger partial charge in [-0.3, -0.25) is 14.2 Å². The van der Waals surface area contributed by atoms with Gasteiger partial charge in [0.1, 0.15) is 23.3 Å². The fraction of sp³-hybridized carbons (Fsp3) is 0.421. The highest BCUT2D eigenvalue weighted by atomic mass is 16.2. The summed E-state index contributed by atoms with van der Waals surface area (Å²) in [6.07, 6.45) is 8.78. The highest BCUT2D eigenvalue weighted by Gasteiger charge is 2.30. The normalized spacial score (nSPS) is 16.9. The lowest BCUT2D eigenvalue weighted by atomic mass is 9.93. The monoisotopic (exact) mass is 361 g/mol. The Kier molecular flexibility index (Phi) is 3.50. The van der Waals surface area contributed by atoms with Crippen LogP contribution in [0, 0.1) is 17.2 Å². The molecule has 0 bridgehead atoms. The third-order valence-electron chi connectivity index (χ3n) is 5.46. The number of nitrogens with one attached hydrogen (secondary N) is 1. The SMILES string of the molecule is Cn1nc(-c2nn(C3CCC3)cc2C#N)c2cc(NC(=O)C3CC3)ncc21. The van der Waals surface area contributed by atoms with E-state index in [9.17, 15) is 10.1 Å². The van der Waals surface area contributed by atoms with E-state index in [0.717, 1.165) is 36.6 Å². The molecule has 8 nitrogen and oxygen atoms in total. The number of rotatable bonds is 4. The topological polar surface area (TPSA) is 101 Å². The van der Waals surface area contributed by atoms with Crippen molar-refractivity contribution in [1.29, 1.82) is 5.26 Å². The molecule has 0 aromatic carbocycles. The zero-order valence-electron chi connectivity index (χ0n) is 15.0. The van der Waals surface area contributed by atoms with Gasteiger partial charge in [0, 0.05) is 24.5 Å². The van der Waals surface area contributed by atoms with Gasteiger partial charge in [-0.15, -0.1) is 0 Å². The van der Waals surface area contributed by atoms with Crippen molar-refractivity contribution in [2.45, 2.75) is 38.1 Å². The lowest BCUT2D eigenvalue weighted by Gasteiger charge is -2.25. The van der Waals surface area contributed by atoms with Gasteiger partial charge >= 0.3 is 0 Å². The number of hydrogen-bond acceptors (Lipinski definition) is 5. The number of fused-ring (bicyclic) bond motifs is 1. The minimum Gasteiger partial charge on any atom is -0.310 e. The van der Waals surface area contributed by atoms with E-state index >= 15 is 0 Å². The summed E-state index contributed by atoms with van der Waals surface area (Å²) in [6.45, 7) is 0. The van der Waals surface area contributed by atoms with E-state index in [0.29, 0.717) is 28.8 Å². The molecule has 0 atom stereocenters. The third kappa shape index (κ3) is 2.67. The number of hydrogen-bond donors (Lipinski definition) is 1. The van der Waals surface area contributed by atoms with Crippen LogP contribution in [0.1, 0.15) is 43.7 Å². The van der Waals surface area contributed by atoms with E-state index < -0.39 is 0 Å². The van der Waals surface area contributed by atoms with E-state index in [2.05, 4.69) is 26.6 Å². The zero-order valence-corrected chi connectivity index (χ0v) is 15.0. The number of carbonyl (C=O) groups is 1. The van der Waals surface area contributed by atoms with Crippen molar-refractivity contribution >= 4 is 22.6 Å². The molecule has 0 spiro atoms. The van der Waals surface area contributed by atoms with Gasteiger partial charge in [-0.05, 0) is 38.2 Å². The van der Waals surface area contributed by atoms with Crippen LogP contribution >= 0.6 is 0 Å². The molecule has 3 heterocycles. The standard InChI is InChI=1S/C19H19N7O/c1-25-15-9-21-16(22-19(27)11-5-6-11)7-14(15)18(23-25)17-12(8-20)10-26(24-17)13-3-2-4-13/h7,9-11,13H,2-6H2,1H3,(H,21,22,27). The van der Waals surface area contributed by atoms with Crippen LogP contribution in [0.2, 0.25) is 0 Å². The van der Waals surface area contributed by atoms with Gasteiger partial charge < -0.3 is 5.32 Å². The number of nitriles is 1. The van der Waals surface area contributed by atoms with Crippen LogP contribution in [0.3, 0.4) is 0 Å². The Morgan fingerprint density at radius 3 is 2.74 bits per heavy atom. The van der Waals surface area contributed by atoms with Gasteiger partial charge in [0.15, 0.2) is 0 Å². The van der Waals surface area contributed by atoms with Crippen molar-refractivity contribution in [3.8, 4) is 17.5 Å². The second-order valence-electron chi connectivity index (χ2n) is 7.39. The molecular formula is C19H19N7O. The van der Waals surface area contributed by atoms with Crippen LogP contribution in [0.25, 0.3) is 22.3 Å². The minimum atomic E-state index is 0.0132. The predicted molar refractivity (Wildman–Crippen MR) is 98.7 cm³/mol. The van der Waals surface area contributed by atoms with Crippen molar-refractivity contribution in [3.05, 3.63) is 24.0 Å². The van der Waals surface area contributed by atoms with E-state index in [-0.39, 0.29) is 11.8 Å². The summed E-state index contributed by atoms with van der Waals surface area (Å²) in [4.78, 5) is 16.4. The molecule has 2 saturated carbocycles. The summed E-state index contributed by atoms with van der Waals surface area (Å²) < 4.78 is 3.63. The Hall–Kier alpha value is -3.21. The molecule has 136 valence electrons. The Bertz CT molecular complexity index is 1100. The van der Waals surface area contributed by atoms with E-state index in [1.54, 1.807) is 10.9 Å². The fourth-order valence-electron chi connectivity index (χ4n) is 3.46. The third-order valence-corrected chi connectivity index (χ3v) is 5.46. The highest BCUT2D eigenvalue weighted by molar-refractivity contribution is 5.98. The van der Waals surface area contributed by atoms with Gasteiger partial charge in [0.2, 0.25) is 5.91 Å². The molecular weight excluding hydrogens is 342 g/mol. The Balaban J connectivity index is 1.59. The first kappa shape index (κ1) is 16.0. The number of nitrogens with zero attached hydrogens (tertiary/aromatic N) is 6. The second-order valence-corrected chi connectivity index (χ2v) is 7.39.